The minimum atomic E-state index is 0. The summed E-state index contributed by atoms with van der Waals surface area (Å²) < 4.78 is 0. The van der Waals surface area contributed by atoms with E-state index in [2.05, 4.69) is 66.4 Å². The average molecular weight is 241 g/mol. The number of hydrogen-bond donors (Lipinski definition) is 0. The highest BCUT2D eigenvalue weighted by Crippen LogP contribution is 2.26. The number of aromatic nitrogens is 1. The zero-order valence-corrected chi connectivity index (χ0v) is 11.1. The maximum absolute atomic E-state index is 4.51. The monoisotopic (exact) mass is 241 g/mol. The molecule has 0 saturated carbocycles. The zero-order chi connectivity index (χ0) is 12.8. The van der Waals surface area contributed by atoms with Crippen LogP contribution in [0.3, 0.4) is 0 Å². The van der Waals surface area contributed by atoms with Crippen molar-refractivity contribution >= 4 is 0 Å². The number of hydrogen-bond acceptors (Lipinski definition) is 2. The molecule has 0 radical (unpaired) electrons. The third-order valence-corrected chi connectivity index (χ3v) is 3.11. The molecule has 0 fully saturated rings. The van der Waals surface area contributed by atoms with E-state index < -0.39 is 0 Å². The van der Waals surface area contributed by atoms with Crippen LogP contribution in [0.2, 0.25) is 0 Å². The maximum atomic E-state index is 4.51. The number of nitrogens with zero attached hydrogens (tertiary/aromatic N) is 2. The van der Waals surface area contributed by atoms with Gasteiger partial charge in [0.1, 0.15) is 0 Å². The van der Waals surface area contributed by atoms with Crippen LogP contribution in [0.15, 0.2) is 54.7 Å². The average Bonchev–Trinajstić information content (AvgIpc) is 2.41. The lowest BCUT2D eigenvalue weighted by Crippen LogP contribution is -2.17. The molecule has 0 bridgehead atoms. The zero-order valence-electron chi connectivity index (χ0n) is 12.1. The highest BCUT2D eigenvalue weighted by molar-refractivity contribution is 5.28. The lowest BCUT2D eigenvalue weighted by Gasteiger charge is -2.19. The largest absolute Gasteiger partial charge is 1.00 e. The van der Waals surface area contributed by atoms with Crippen LogP contribution >= 0.6 is 0 Å². The summed E-state index contributed by atoms with van der Waals surface area (Å²) in [7, 11) is 4.22. The van der Waals surface area contributed by atoms with E-state index in [-0.39, 0.29) is 1.43 Å². The van der Waals surface area contributed by atoms with Gasteiger partial charge < -0.3 is 4.90 Å². The molecular formula is C16H21N2+. The van der Waals surface area contributed by atoms with Crippen molar-refractivity contribution in [2.45, 2.75) is 12.3 Å². The van der Waals surface area contributed by atoms with E-state index >= 15 is 0 Å². The van der Waals surface area contributed by atoms with Crippen LogP contribution in [0.5, 0.6) is 0 Å². The Bertz CT molecular complexity index is 417. The van der Waals surface area contributed by atoms with Crippen LogP contribution in [0, 0.1) is 0 Å². The summed E-state index contributed by atoms with van der Waals surface area (Å²) >= 11 is 0. The first kappa shape index (κ1) is 12.8. The predicted octanol–water partition coefficient (Wildman–Crippen LogP) is 3.28. The maximum Gasteiger partial charge on any atom is 1.00 e. The molecule has 1 atom stereocenters. The van der Waals surface area contributed by atoms with Crippen molar-refractivity contribution in [3.8, 4) is 0 Å². The van der Waals surface area contributed by atoms with Crippen LogP contribution in [0.1, 0.15) is 25.0 Å². The molecule has 2 heteroatoms. The Kier molecular flexibility index (Phi) is 4.48. The molecule has 18 heavy (non-hydrogen) atoms. The standard InChI is InChI=1S/C16H20N2/c1-18(2)13-11-15(14-8-4-3-5-9-14)16-10-6-7-12-17-16/h3-10,12,15H,11,13H2,1-2H3/p+1. The molecule has 0 spiro atoms. The van der Waals surface area contributed by atoms with Crippen LogP contribution in [0.25, 0.3) is 0 Å². The first-order valence-corrected chi connectivity index (χ1v) is 6.38. The SMILES string of the molecule is CN(C)CCC(c1ccccc1)c1ccccn1.[H+]. The third-order valence-electron chi connectivity index (χ3n) is 3.11. The van der Waals surface area contributed by atoms with E-state index in [4.69, 9.17) is 0 Å². The molecule has 2 nitrogen and oxygen atoms in total. The summed E-state index contributed by atoms with van der Waals surface area (Å²) in [6.45, 7) is 1.07. The Morgan fingerprint density at radius 2 is 1.78 bits per heavy atom. The van der Waals surface area contributed by atoms with Gasteiger partial charge in [-0.3, -0.25) is 4.98 Å². The fraction of sp³-hybridized carbons (Fsp3) is 0.312. The second-order valence-electron chi connectivity index (χ2n) is 4.81. The highest BCUT2D eigenvalue weighted by Gasteiger charge is 2.14. The summed E-state index contributed by atoms with van der Waals surface area (Å²) in [6, 6.07) is 16.8. The lowest BCUT2D eigenvalue weighted by molar-refractivity contribution is 0.389. The molecular weight excluding hydrogens is 220 g/mol. The molecule has 0 amide bonds. The van der Waals surface area contributed by atoms with E-state index in [1.165, 1.54) is 5.56 Å². The van der Waals surface area contributed by atoms with Crippen LogP contribution in [-0.2, 0) is 0 Å². The van der Waals surface area contributed by atoms with Gasteiger partial charge in [-0.1, -0.05) is 36.4 Å². The molecule has 0 N–H and O–H groups in total. The Morgan fingerprint density at radius 3 is 2.39 bits per heavy atom. The Balaban J connectivity index is 0.00000180. The summed E-state index contributed by atoms with van der Waals surface area (Å²) in [5.41, 5.74) is 2.50. The van der Waals surface area contributed by atoms with Gasteiger partial charge in [-0.2, -0.15) is 0 Å². The van der Waals surface area contributed by atoms with Gasteiger partial charge in [-0.05, 0) is 44.8 Å². The van der Waals surface area contributed by atoms with Crippen LogP contribution in [-0.4, -0.2) is 30.5 Å². The van der Waals surface area contributed by atoms with Crippen molar-refractivity contribution in [3.05, 3.63) is 66.0 Å². The number of benzene rings is 1. The van der Waals surface area contributed by atoms with Gasteiger partial charge >= 0.3 is 1.43 Å². The molecule has 2 aromatic rings. The van der Waals surface area contributed by atoms with Gasteiger partial charge in [-0.25, -0.2) is 0 Å². The molecule has 1 aromatic heterocycles. The normalized spacial score (nSPS) is 12.6. The van der Waals surface area contributed by atoms with Gasteiger partial charge in [0.05, 0.1) is 0 Å². The number of rotatable bonds is 5. The molecule has 2 rings (SSSR count). The van der Waals surface area contributed by atoms with E-state index in [9.17, 15) is 0 Å². The summed E-state index contributed by atoms with van der Waals surface area (Å²) in [5, 5.41) is 0. The van der Waals surface area contributed by atoms with Gasteiger partial charge in [0.2, 0.25) is 0 Å². The lowest BCUT2D eigenvalue weighted by atomic mass is 9.92. The van der Waals surface area contributed by atoms with Crippen molar-refractivity contribution in [2.75, 3.05) is 20.6 Å². The first-order valence-electron chi connectivity index (χ1n) is 6.38. The van der Waals surface area contributed by atoms with E-state index in [0.29, 0.717) is 5.92 Å². The van der Waals surface area contributed by atoms with E-state index in [1.54, 1.807) is 0 Å². The summed E-state index contributed by atoms with van der Waals surface area (Å²) in [4.78, 5) is 6.74. The first-order chi connectivity index (χ1) is 8.77. The van der Waals surface area contributed by atoms with Crippen molar-refractivity contribution in [1.29, 1.82) is 0 Å². The van der Waals surface area contributed by atoms with E-state index in [1.807, 2.05) is 12.3 Å². The Hall–Kier alpha value is -1.67. The molecule has 94 valence electrons. The Labute approximate surface area is 111 Å². The molecule has 1 unspecified atom stereocenters. The molecule has 0 aliphatic heterocycles. The van der Waals surface area contributed by atoms with Crippen LogP contribution in [0.4, 0.5) is 0 Å². The second-order valence-corrected chi connectivity index (χ2v) is 4.81. The van der Waals surface area contributed by atoms with Gasteiger partial charge in [-0.15, -0.1) is 0 Å². The van der Waals surface area contributed by atoms with Gasteiger partial charge in [0, 0.05) is 17.8 Å². The van der Waals surface area contributed by atoms with Crippen LogP contribution < -0.4 is 0 Å². The molecule has 0 aliphatic rings. The number of pyridine rings is 1. The topological polar surface area (TPSA) is 16.1 Å². The van der Waals surface area contributed by atoms with Gasteiger partial charge in [0.25, 0.3) is 0 Å². The Morgan fingerprint density at radius 1 is 1.06 bits per heavy atom. The van der Waals surface area contributed by atoms with Crippen molar-refractivity contribution in [1.82, 2.24) is 9.88 Å². The fourth-order valence-electron chi connectivity index (χ4n) is 2.14. The van der Waals surface area contributed by atoms with Crippen molar-refractivity contribution in [2.24, 2.45) is 0 Å². The minimum Gasteiger partial charge on any atom is -0.309 e. The second kappa shape index (κ2) is 6.31. The molecule has 0 saturated heterocycles. The van der Waals surface area contributed by atoms with Crippen molar-refractivity contribution in [3.63, 3.8) is 0 Å². The fourth-order valence-corrected chi connectivity index (χ4v) is 2.14. The van der Waals surface area contributed by atoms with E-state index in [0.717, 1.165) is 18.7 Å². The quantitative estimate of drug-likeness (QED) is 0.798. The van der Waals surface area contributed by atoms with Crippen molar-refractivity contribution < 1.29 is 1.43 Å². The molecule has 0 aliphatic carbocycles. The smallest absolute Gasteiger partial charge is 0.309 e. The molecule has 1 aromatic carbocycles. The summed E-state index contributed by atoms with van der Waals surface area (Å²) in [6.07, 6.45) is 2.97. The van der Waals surface area contributed by atoms with Gasteiger partial charge in [0.15, 0.2) is 0 Å². The summed E-state index contributed by atoms with van der Waals surface area (Å²) in [5.74, 6) is 0.384. The highest BCUT2D eigenvalue weighted by atomic mass is 15.0. The predicted molar refractivity (Wildman–Crippen MR) is 76.8 cm³/mol. The third kappa shape index (κ3) is 3.41. The molecule has 1 heterocycles. The minimum absolute atomic E-state index is 0.